The second-order valence-electron chi connectivity index (χ2n) is 3.67. The second kappa shape index (κ2) is 7.48. The smallest absolute Gasteiger partial charge is 0.377 e. The van der Waals surface area contributed by atoms with Crippen molar-refractivity contribution in [3.63, 3.8) is 0 Å². The average molecular weight is 272 g/mol. The van der Waals surface area contributed by atoms with Gasteiger partial charge in [0.05, 0.1) is 5.56 Å². The fraction of sp³-hybridized carbons (Fsp3) is 0. The van der Waals surface area contributed by atoms with Crippen LogP contribution in [0.2, 0.25) is 0 Å². The van der Waals surface area contributed by atoms with Crippen LogP contribution in [-0.4, -0.2) is 27.9 Å². The van der Waals surface area contributed by atoms with Gasteiger partial charge in [0.1, 0.15) is 0 Å². The minimum absolute atomic E-state index is 0.208. The van der Waals surface area contributed by atoms with Gasteiger partial charge in [0.15, 0.2) is 0 Å². The van der Waals surface area contributed by atoms with Crippen molar-refractivity contribution in [2.45, 2.75) is 0 Å². The first-order valence-electron chi connectivity index (χ1n) is 5.63. The molecule has 0 aliphatic heterocycles. The molecule has 0 aliphatic carbocycles. The third kappa shape index (κ3) is 4.73. The zero-order valence-electron chi connectivity index (χ0n) is 10.4. The maximum absolute atomic E-state index is 10.7. The van der Waals surface area contributed by atoms with Gasteiger partial charge in [-0.2, -0.15) is 0 Å². The van der Waals surface area contributed by atoms with Crippen LogP contribution in [0.5, 0.6) is 0 Å². The van der Waals surface area contributed by atoms with Gasteiger partial charge in [-0.25, -0.2) is 9.59 Å². The van der Waals surface area contributed by atoms with E-state index in [1.807, 2.05) is 0 Å². The summed E-state index contributed by atoms with van der Waals surface area (Å²) in [5, 5.41) is 16.7. The molecule has 0 spiro atoms. The maximum Gasteiger partial charge on any atom is 0.377 e. The van der Waals surface area contributed by atoms with Crippen molar-refractivity contribution < 1.29 is 24.6 Å². The van der Waals surface area contributed by atoms with Crippen LogP contribution in [0.3, 0.4) is 0 Å². The number of aromatic carboxylic acids is 1. The minimum atomic E-state index is -1.42. The first kappa shape index (κ1) is 15.1. The van der Waals surface area contributed by atoms with Crippen molar-refractivity contribution in [2.24, 2.45) is 0 Å². The van der Waals surface area contributed by atoms with Crippen molar-refractivity contribution in [3.05, 3.63) is 71.8 Å². The summed E-state index contributed by atoms with van der Waals surface area (Å²) in [7, 11) is 0. The number of carboxylic acid groups (broad SMARTS) is 2. The van der Waals surface area contributed by atoms with Crippen molar-refractivity contribution >= 4 is 17.7 Å². The van der Waals surface area contributed by atoms with Crippen LogP contribution in [0.1, 0.15) is 20.7 Å². The summed E-state index contributed by atoms with van der Waals surface area (Å²) in [6.45, 7) is 0. The predicted octanol–water partition coefficient (Wildman–Crippen LogP) is 2.34. The molecule has 0 amide bonds. The van der Waals surface area contributed by atoms with E-state index in [2.05, 4.69) is 0 Å². The lowest BCUT2D eigenvalue weighted by atomic mass is 10.1. The van der Waals surface area contributed by atoms with Gasteiger partial charge in [0.2, 0.25) is 0 Å². The lowest BCUT2D eigenvalue weighted by Crippen LogP contribution is -2.12. The molecule has 20 heavy (non-hydrogen) atoms. The summed E-state index contributed by atoms with van der Waals surface area (Å²) in [6, 6.07) is 16.2. The van der Waals surface area contributed by atoms with Crippen molar-refractivity contribution in [3.8, 4) is 0 Å². The van der Waals surface area contributed by atoms with Gasteiger partial charge in [-0.15, -0.1) is 0 Å². The first-order valence-corrected chi connectivity index (χ1v) is 5.63. The number of carboxylic acids is 2. The molecule has 0 heterocycles. The van der Waals surface area contributed by atoms with Crippen LogP contribution in [-0.2, 0) is 4.79 Å². The van der Waals surface area contributed by atoms with E-state index >= 15 is 0 Å². The number of hydrogen-bond acceptors (Lipinski definition) is 3. The van der Waals surface area contributed by atoms with Gasteiger partial charge < -0.3 is 10.2 Å². The monoisotopic (exact) mass is 272 g/mol. The Labute approximate surface area is 115 Å². The van der Waals surface area contributed by atoms with Gasteiger partial charge >= 0.3 is 11.9 Å². The Morgan fingerprint density at radius 1 is 0.650 bits per heavy atom. The van der Waals surface area contributed by atoms with Crippen molar-refractivity contribution in [1.82, 2.24) is 0 Å². The summed E-state index contributed by atoms with van der Waals surface area (Å²) in [6.07, 6.45) is 0. The van der Waals surface area contributed by atoms with Gasteiger partial charge in [0.25, 0.3) is 5.78 Å². The summed E-state index contributed by atoms with van der Waals surface area (Å²) in [5.41, 5.74) is 0.539. The molecule has 2 aromatic carbocycles. The van der Waals surface area contributed by atoms with Gasteiger partial charge in [-0.3, -0.25) is 4.79 Å². The Bertz CT molecular complexity index is 590. The summed E-state index contributed by atoms with van der Waals surface area (Å²) in [4.78, 5) is 31.1. The third-order valence-corrected chi connectivity index (χ3v) is 2.25. The van der Waals surface area contributed by atoms with E-state index in [0.717, 1.165) is 0 Å². The van der Waals surface area contributed by atoms with E-state index < -0.39 is 17.7 Å². The summed E-state index contributed by atoms with van der Waals surface area (Å²) < 4.78 is 0. The Hall–Kier alpha value is -2.95. The van der Waals surface area contributed by atoms with Crippen molar-refractivity contribution in [2.75, 3.05) is 0 Å². The lowest BCUT2D eigenvalue weighted by Gasteiger charge is -1.91. The van der Waals surface area contributed by atoms with Crippen LogP contribution < -0.4 is 0 Å². The molecule has 0 saturated heterocycles. The number of Topliss-reactive ketones (excluding diaryl/α,β-unsaturated/α-hetero) is 1. The van der Waals surface area contributed by atoms with E-state index in [0.29, 0.717) is 5.56 Å². The molecule has 102 valence electrons. The van der Waals surface area contributed by atoms with Crippen LogP contribution >= 0.6 is 0 Å². The van der Waals surface area contributed by atoms with Crippen LogP contribution in [0, 0.1) is 0 Å². The fourth-order valence-electron chi connectivity index (χ4n) is 1.29. The molecular formula is C15H12O5. The normalized spacial score (nSPS) is 9.00. The Morgan fingerprint density at radius 2 is 1.05 bits per heavy atom. The number of rotatable bonds is 3. The fourth-order valence-corrected chi connectivity index (χ4v) is 1.29. The summed E-state index contributed by atoms with van der Waals surface area (Å²) in [5.74, 6) is -3.17. The Balaban J connectivity index is 0.000000204. The van der Waals surface area contributed by atoms with E-state index in [4.69, 9.17) is 10.2 Å². The topological polar surface area (TPSA) is 91.7 Å². The highest BCUT2D eigenvalue weighted by Crippen LogP contribution is 1.99. The van der Waals surface area contributed by atoms with Gasteiger partial charge in [-0.05, 0) is 12.1 Å². The molecule has 2 rings (SSSR count). The molecular weight excluding hydrogens is 260 g/mol. The molecule has 5 heteroatoms. The molecule has 2 N–H and O–H groups in total. The molecule has 0 bridgehead atoms. The van der Waals surface area contributed by atoms with Gasteiger partial charge in [0, 0.05) is 5.56 Å². The van der Waals surface area contributed by atoms with Crippen LogP contribution in [0.4, 0.5) is 0 Å². The van der Waals surface area contributed by atoms with Crippen LogP contribution in [0.25, 0.3) is 0 Å². The zero-order chi connectivity index (χ0) is 15.0. The molecule has 0 aliphatic rings. The zero-order valence-corrected chi connectivity index (χ0v) is 10.4. The highest BCUT2D eigenvalue weighted by atomic mass is 16.4. The number of ketones is 1. The number of benzene rings is 2. The highest BCUT2D eigenvalue weighted by Gasteiger charge is 2.12. The standard InChI is InChI=1S/C8H6O3.C7H6O2/c9-7(8(10)11)6-4-2-1-3-5-6;8-7(9)6-4-2-1-3-5-6/h1-5H,(H,10,11);1-5H,(H,8,9). The number of aliphatic carboxylic acids is 1. The minimum Gasteiger partial charge on any atom is -0.478 e. The highest BCUT2D eigenvalue weighted by molar-refractivity contribution is 6.39. The number of carbonyl (C=O) groups is 3. The van der Waals surface area contributed by atoms with E-state index in [9.17, 15) is 14.4 Å². The largest absolute Gasteiger partial charge is 0.478 e. The van der Waals surface area contributed by atoms with E-state index in [1.165, 1.54) is 12.1 Å². The van der Waals surface area contributed by atoms with E-state index in [1.54, 1.807) is 48.5 Å². The van der Waals surface area contributed by atoms with Crippen LogP contribution in [0.15, 0.2) is 60.7 Å². The molecule has 0 fully saturated rings. The quantitative estimate of drug-likeness (QED) is 0.661. The molecule has 0 saturated carbocycles. The maximum atomic E-state index is 10.7. The SMILES string of the molecule is O=C(O)C(=O)c1ccccc1.O=C(O)c1ccccc1. The number of hydrogen-bond donors (Lipinski definition) is 2. The Morgan fingerprint density at radius 3 is 1.35 bits per heavy atom. The Kier molecular flexibility index (Phi) is 5.65. The average Bonchev–Trinajstić information content (AvgIpc) is 2.49. The molecule has 5 nitrogen and oxygen atoms in total. The third-order valence-electron chi connectivity index (χ3n) is 2.25. The molecule has 0 radical (unpaired) electrons. The first-order chi connectivity index (χ1) is 9.52. The molecule has 0 aromatic heterocycles. The second-order valence-corrected chi connectivity index (χ2v) is 3.67. The van der Waals surface area contributed by atoms with Gasteiger partial charge in [-0.1, -0.05) is 48.5 Å². The molecule has 0 unspecified atom stereocenters. The lowest BCUT2D eigenvalue weighted by molar-refractivity contribution is -0.131. The predicted molar refractivity (Wildman–Crippen MR) is 71.8 cm³/mol. The van der Waals surface area contributed by atoms with E-state index in [-0.39, 0.29) is 5.56 Å². The number of carbonyl (C=O) groups excluding carboxylic acids is 1. The molecule has 2 aromatic rings. The van der Waals surface area contributed by atoms with Crippen molar-refractivity contribution in [1.29, 1.82) is 0 Å². The summed E-state index contributed by atoms with van der Waals surface area (Å²) >= 11 is 0. The molecule has 0 atom stereocenters.